The number of benzene rings is 1. The van der Waals surface area contributed by atoms with E-state index in [-0.39, 0.29) is 10.7 Å². The van der Waals surface area contributed by atoms with Crippen LogP contribution >= 0.6 is 38.5 Å². The van der Waals surface area contributed by atoms with E-state index in [9.17, 15) is 13.6 Å². The Morgan fingerprint density at radius 3 is 2.56 bits per heavy atom. The molecule has 1 fully saturated rings. The van der Waals surface area contributed by atoms with Crippen molar-refractivity contribution in [3.63, 3.8) is 0 Å². The molecule has 6 heteroatoms. The summed E-state index contributed by atoms with van der Waals surface area (Å²) >= 11 is 5.23. The van der Waals surface area contributed by atoms with Crippen LogP contribution in [0.4, 0.5) is 14.5 Å². The predicted molar refractivity (Wildman–Crippen MR) is 68.8 cm³/mol. The third-order valence-electron chi connectivity index (χ3n) is 2.36. The zero-order valence-electron chi connectivity index (χ0n) is 8.01. The molecule has 1 unspecified atom stereocenters. The average molecular weight is 402 g/mol. The summed E-state index contributed by atoms with van der Waals surface area (Å²) < 4.78 is 26.6. The van der Waals surface area contributed by atoms with Crippen LogP contribution in [0.15, 0.2) is 12.1 Å². The number of nitrogens with zero attached hydrogens (tertiary/aromatic N) is 1. The Kier molecular flexibility index (Phi) is 3.48. The SMILES string of the molecule is O=C1CC(Br)CN1c1cc(F)c(F)cc1I. The van der Waals surface area contributed by atoms with E-state index in [1.54, 1.807) is 0 Å². The van der Waals surface area contributed by atoms with Crippen molar-refractivity contribution >= 4 is 50.1 Å². The number of carbonyl (C=O) groups is 1. The van der Waals surface area contributed by atoms with Gasteiger partial charge in [-0.2, -0.15) is 0 Å². The van der Waals surface area contributed by atoms with Gasteiger partial charge in [-0.3, -0.25) is 4.79 Å². The van der Waals surface area contributed by atoms with Gasteiger partial charge in [0.1, 0.15) is 0 Å². The molecule has 1 aromatic rings. The predicted octanol–water partition coefficient (Wildman–Crippen LogP) is 3.07. The second-order valence-corrected chi connectivity index (χ2v) is 5.98. The van der Waals surface area contributed by atoms with E-state index in [1.807, 2.05) is 22.6 Å². The molecule has 1 aliphatic heterocycles. The molecule has 2 nitrogen and oxygen atoms in total. The Morgan fingerprint density at radius 1 is 1.38 bits per heavy atom. The number of hydrogen-bond donors (Lipinski definition) is 0. The molecule has 16 heavy (non-hydrogen) atoms. The van der Waals surface area contributed by atoms with E-state index in [1.165, 1.54) is 4.90 Å². The summed E-state index contributed by atoms with van der Waals surface area (Å²) in [5, 5.41) is 0. The van der Waals surface area contributed by atoms with Crippen LogP contribution in [0.25, 0.3) is 0 Å². The van der Waals surface area contributed by atoms with E-state index in [2.05, 4.69) is 15.9 Å². The zero-order valence-corrected chi connectivity index (χ0v) is 11.8. The molecular formula is C10H7BrF2INO. The van der Waals surface area contributed by atoms with Gasteiger partial charge in [-0.15, -0.1) is 0 Å². The molecule has 2 rings (SSSR count). The number of alkyl halides is 1. The van der Waals surface area contributed by atoms with Gasteiger partial charge in [0, 0.05) is 27.4 Å². The van der Waals surface area contributed by atoms with Crippen LogP contribution in [0.2, 0.25) is 0 Å². The Balaban J connectivity index is 2.41. The van der Waals surface area contributed by atoms with E-state index in [0.717, 1.165) is 12.1 Å². The van der Waals surface area contributed by atoms with Gasteiger partial charge in [0.25, 0.3) is 0 Å². The monoisotopic (exact) mass is 401 g/mol. The summed E-state index contributed by atoms with van der Waals surface area (Å²) in [4.78, 5) is 13.2. The summed E-state index contributed by atoms with van der Waals surface area (Å²) in [5.41, 5.74) is 0.437. The lowest BCUT2D eigenvalue weighted by Gasteiger charge is -2.17. The summed E-state index contributed by atoms with van der Waals surface area (Å²) in [7, 11) is 0. The van der Waals surface area contributed by atoms with E-state index in [4.69, 9.17) is 0 Å². The molecule has 86 valence electrons. The number of halogens is 4. The van der Waals surface area contributed by atoms with Gasteiger partial charge in [0.05, 0.1) is 5.69 Å². The van der Waals surface area contributed by atoms with E-state index in [0.29, 0.717) is 22.2 Å². The molecule has 0 radical (unpaired) electrons. The maximum Gasteiger partial charge on any atom is 0.228 e. The number of anilines is 1. The normalized spacial score (nSPS) is 20.6. The lowest BCUT2D eigenvalue weighted by atomic mass is 10.3. The smallest absolute Gasteiger partial charge is 0.228 e. The van der Waals surface area contributed by atoms with Gasteiger partial charge in [-0.1, -0.05) is 15.9 Å². The number of hydrogen-bond acceptors (Lipinski definition) is 1. The minimum Gasteiger partial charge on any atom is -0.310 e. The molecule has 1 atom stereocenters. The number of rotatable bonds is 1. The first-order valence-electron chi connectivity index (χ1n) is 4.58. The van der Waals surface area contributed by atoms with Crippen molar-refractivity contribution in [1.82, 2.24) is 0 Å². The number of amides is 1. The second kappa shape index (κ2) is 4.56. The average Bonchev–Trinajstić information content (AvgIpc) is 2.51. The Labute approximate surface area is 113 Å². The number of carbonyl (C=O) groups excluding carboxylic acids is 1. The van der Waals surface area contributed by atoms with Crippen LogP contribution in [0, 0.1) is 15.2 Å². The van der Waals surface area contributed by atoms with Crippen LogP contribution in [0.1, 0.15) is 6.42 Å². The standard InChI is InChI=1S/C10H7BrF2INO/c11-5-1-10(16)15(4-5)9-3-7(13)6(12)2-8(9)14/h2-3,5H,1,4H2. The second-order valence-electron chi connectivity index (χ2n) is 3.52. The van der Waals surface area contributed by atoms with Gasteiger partial charge in [0.2, 0.25) is 5.91 Å². The maximum absolute atomic E-state index is 13.1. The van der Waals surface area contributed by atoms with Crippen molar-refractivity contribution in [3.05, 3.63) is 27.3 Å². The summed E-state index contributed by atoms with van der Waals surface area (Å²) in [6.45, 7) is 0.486. The molecule has 0 saturated carbocycles. The molecule has 1 aliphatic rings. The van der Waals surface area contributed by atoms with Crippen LogP contribution in [0.3, 0.4) is 0 Å². The minimum atomic E-state index is -0.929. The Hall–Kier alpha value is -0.240. The highest BCUT2D eigenvalue weighted by Gasteiger charge is 2.30. The summed E-state index contributed by atoms with van der Waals surface area (Å²) in [6.07, 6.45) is 0.384. The lowest BCUT2D eigenvalue weighted by Crippen LogP contribution is -2.25. The molecule has 0 aromatic heterocycles. The first kappa shape index (κ1) is 12.2. The van der Waals surface area contributed by atoms with Crippen LogP contribution < -0.4 is 4.90 Å². The molecule has 1 aromatic carbocycles. The van der Waals surface area contributed by atoms with Crippen LogP contribution in [-0.4, -0.2) is 17.3 Å². The lowest BCUT2D eigenvalue weighted by molar-refractivity contribution is -0.117. The molecule has 0 bridgehead atoms. The van der Waals surface area contributed by atoms with Crippen molar-refractivity contribution in [2.24, 2.45) is 0 Å². The highest BCUT2D eigenvalue weighted by Crippen LogP contribution is 2.30. The highest BCUT2D eigenvalue weighted by molar-refractivity contribution is 14.1. The first-order valence-corrected chi connectivity index (χ1v) is 6.57. The first-order chi connectivity index (χ1) is 7.49. The van der Waals surface area contributed by atoms with Crippen molar-refractivity contribution in [2.45, 2.75) is 11.2 Å². The molecule has 1 heterocycles. The third-order valence-corrected chi connectivity index (χ3v) is 3.84. The van der Waals surface area contributed by atoms with Crippen LogP contribution in [0.5, 0.6) is 0 Å². The molecule has 0 aliphatic carbocycles. The molecule has 1 amide bonds. The molecule has 0 N–H and O–H groups in total. The van der Waals surface area contributed by atoms with Gasteiger partial charge in [-0.25, -0.2) is 8.78 Å². The quantitative estimate of drug-likeness (QED) is 0.402. The van der Waals surface area contributed by atoms with Crippen molar-refractivity contribution in [2.75, 3.05) is 11.4 Å². The van der Waals surface area contributed by atoms with Crippen molar-refractivity contribution in [1.29, 1.82) is 0 Å². The summed E-state index contributed by atoms with van der Waals surface area (Å²) in [5.74, 6) is -1.90. The van der Waals surface area contributed by atoms with Crippen molar-refractivity contribution < 1.29 is 13.6 Å². The topological polar surface area (TPSA) is 20.3 Å². The molecule has 0 spiro atoms. The minimum absolute atomic E-state index is 0.0731. The van der Waals surface area contributed by atoms with Gasteiger partial charge < -0.3 is 4.90 Å². The zero-order chi connectivity index (χ0) is 11.9. The Bertz CT molecular complexity index is 455. The fraction of sp³-hybridized carbons (Fsp3) is 0.300. The third kappa shape index (κ3) is 2.22. The fourth-order valence-corrected chi connectivity index (χ4v) is 2.90. The van der Waals surface area contributed by atoms with Gasteiger partial charge in [0.15, 0.2) is 11.6 Å². The van der Waals surface area contributed by atoms with Crippen LogP contribution in [-0.2, 0) is 4.79 Å². The fourth-order valence-electron chi connectivity index (χ4n) is 1.62. The highest BCUT2D eigenvalue weighted by atomic mass is 127. The van der Waals surface area contributed by atoms with Gasteiger partial charge >= 0.3 is 0 Å². The summed E-state index contributed by atoms with van der Waals surface area (Å²) in [6, 6.07) is 2.17. The maximum atomic E-state index is 13.1. The largest absolute Gasteiger partial charge is 0.310 e. The molecular weight excluding hydrogens is 395 g/mol. The van der Waals surface area contributed by atoms with E-state index >= 15 is 0 Å². The van der Waals surface area contributed by atoms with Crippen molar-refractivity contribution in [3.8, 4) is 0 Å². The molecule has 1 saturated heterocycles. The Morgan fingerprint density at radius 2 is 2.00 bits per heavy atom. The van der Waals surface area contributed by atoms with Gasteiger partial charge in [-0.05, 0) is 28.7 Å². The van der Waals surface area contributed by atoms with E-state index < -0.39 is 11.6 Å².